The summed E-state index contributed by atoms with van der Waals surface area (Å²) in [4.78, 5) is 10.2. The first-order chi connectivity index (χ1) is 5.25. The molecule has 2 aliphatic rings. The molecule has 2 aliphatic carbocycles. The van der Waals surface area contributed by atoms with Crippen molar-refractivity contribution in [3.8, 4) is 0 Å². The van der Waals surface area contributed by atoms with Crippen molar-refractivity contribution in [1.82, 2.24) is 0 Å². The van der Waals surface area contributed by atoms with Crippen molar-refractivity contribution in [2.75, 3.05) is 0 Å². The third-order valence-electron chi connectivity index (χ3n) is 2.79. The minimum Gasteiger partial charge on any atom is -0.478 e. The van der Waals surface area contributed by atoms with Gasteiger partial charge in [0.25, 0.3) is 0 Å². The van der Waals surface area contributed by atoms with Gasteiger partial charge in [-0.25, -0.2) is 4.79 Å². The lowest BCUT2D eigenvalue weighted by atomic mass is 10.0. The molecule has 60 valence electrons. The second-order valence-electron chi connectivity index (χ2n) is 3.68. The van der Waals surface area contributed by atoms with Crippen molar-refractivity contribution in [2.45, 2.75) is 19.3 Å². The summed E-state index contributed by atoms with van der Waals surface area (Å²) in [7, 11) is 0. The van der Waals surface area contributed by atoms with Crippen LogP contribution >= 0.6 is 0 Å². The first-order valence-corrected chi connectivity index (χ1v) is 4.17. The topological polar surface area (TPSA) is 37.3 Å². The number of carboxylic acid groups (broad SMARTS) is 1. The number of allylic oxidation sites excluding steroid dienone is 1. The first-order valence-electron chi connectivity index (χ1n) is 4.17. The fourth-order valence-corrected chi connectivity index (χ4v) is 2.14. The summed E-state index contributed by atoms with van der Waals surface area (Å²) in [6, 6.07) is 0. The van der Waals surface area contributed by atoms with E-state index in [9.17, 15) is 4.79 Å². The molecule has 11 heavy (non-hydrogen) atoms. The molecule has 2 unspecified atom stereocenters. The Hall–Kier alpha value is -0.790. The Morgan fingerprint density at radius 3 is 2.45 bits per heavy atom. The fraction of sp³-hybridized carbons (Fsp3) is 0.667. The van der Waals surface area contributed by atoms with Crippen LogP contribution < -0.4 is 0 Å². The van der Waals surface area contributed by atoms with E-state index in [1.54, 1.807) is 0 Å². The molecule has 0 heterocycles. The average molecular weight is 152 g/mol. The highest BCUT2D eigenvalue weighted by Gasteiger charge is 2.44. The summed E-state index contributed by atoms with van der Waals surface area (Å²) in [6.07, 6.45) is 7.00. The molecule has 2 nitrogen and oxygen atoms in total. The van der Waals surface area contributed by atoms with E-state index in [0.717, 1.165) is 11.8 Å². The Bertz CT molecular complexity index is 198. The van der Waals surface area contributed by atoms with Crippen molar-refractivity contribution in [3.63, 3.8) is 0 Å². The van der Waals surface area contributed by atoms with E-state index >= 15 is 0 Å². The van der Waals surface area contributed by atoms with Crippen LogP contribution in [0.3, 0.4) is 0 Å². The lowest BCUT2D eigenvalue weighted by Crippen LogP contribution is -1.94. The predicted molar refractivity (Wildman–Crippen MR) is 41.1 cm³/mol. The zero-order chi connectivity index (χ0) is 7.84. The summed E-state index contributed by atoms with van der Waals surface area (Å²) >= 11 is 0. The summed E-state index contributed by atoms with van der Waals surface area (Å²) in [5.41, 5.74) is 0. The van der Waals surface area contributed by atoms with Crippen molar-refractivity contribution < 1.29 is 9.90 Å². The Labute approximate surface area is 65.9 Å². The van der Waals surface area contributed by atoms with Gasteiger partial charge in [0.15, 0.2) is 0 Å². The van der Waals surface area contributed by atoms with Gasteiger partial charge in [0.1, 0.15) is 0 Å². The molecular formula is C9H12O2. The molecule has 2 rings (SSSR count). The predicted octanol–water partition coefficient (Wildman–Crippen LogP) is 1.67. The maximum atomic E-state index is 10.2. The molecule has 2 heteroatoms. The molecule has 2 saturated carbocycles. The molecule has 0 amide bonds. The maximum absolute atomic E-state index is 10.2. The number of aliphatic carboxylic acids is 1. The van der Waals surface area contributed by atoms with Gasteiger partial charge in [-0.15, -0.1) is 0 Å². The van der Waals surface area contributed by atoms with E-state index in [1.807, 2.05) is 6.08 Å². The smallest absolute Gasteiger partial charge is 0.327 e. The van der Waals surface area contributed by atoms with Crippen molar-refractivity contribution in [2.24, 2.45) is 17.8 Å². The molecule has 0 aromatic carbocycles. The second kappa shape index (κ2) is 2.36. The Morgan fingerprint density at radius 2 is 1.91 bits per heavy atom. The summed E-state index contributed by atoms with van der Waals surface area (Å²) in [6.45, 7) is 0. The molecule has 0 aromatic heterocycles. The standard InChI is InChI=1S/C9H12O2/c10-9(11)2-1-6-3-7-5-8(7)4-6/h1-2,6-8H,3-5H2,(H,10,11)/b2-1+. The number of rotatable bonds is 2. The third-order valence-corrected chi connectivity index (χ3v) is 2.79. The van der Waals surface area contributed by atoms with Crippen LogP contribution in [-0.2, 0) is 4.79 Å². The number of fused-ring (bicyclic) bond motifs is 1. The Morgan fingerprint density at radius 1 is 1.27 bits per heavy atom. The van der Waals surface area contributed by atoms with Gasteiger partial charge in [-0.1, -0.05) is 6.08 Å². The lowest BCUT2D eigenvalue weighted by molar-refractivity contribution is -0.131. The van der Waals surface area contributed by atoms with E-state index in [1.165, 1.54) is 25.3 Å². The lowest BCUT2D eigenvalue weighted by Gasteiger charge is -2.02. The van der Waals surface area contributed by atoms with E-state index in [-0.39, 0.29) is 0 Å². The van der Waals surface area contributed by atoms with Crippen LogP contribution in [-0.4, -0.2) is 11.1 Å². The summed E-state index contributed by atoms with van der Waals surface area (Å²) in [5.74, 6) is 1.64. The molecule has 0 bridgehead atoms. The van der Waals surface area contributed by atoms with Crippen LogP contribution in [0.25, 0.3) is 0 Å². The SMILES string of the molecule is O=C(O)/C=C/C1CC2CC2C1. The van der Waals surface area contributed by atoms with Gasteiger partial charge < -0.3 is 5.11 Å². The first kappa shape index (κ1) is 6.89. The van der Waals surface area contributed by atoms with Crippen molar-refractivity contribution >= 4 is 5.97 Å². The molecule has 0 saturated heterocycles. The van der Waals surface area contributed by atoms with Crippen LogP contribution in [0.2, 0.25) is 0 Å². The largest absolute Gasteiger partial charge is 0.478 e. The molecule has 1 N–H and O–H groups in total. The molecule has 0 spiro atoms. The molecule has 2 fully saturated rings. The van der Waals surface area contributed by atoms with E-state index < -0.39 is 5.97 Å². The Balaban J connectivity index is 1.84. The highest BCUT2D eigenvalue weighted by Crippen LogP contribution is 2.54. The summed E-state index contributed by atoms with van der Waals surface area (Å²) in [5, 5.41) is 8.36. The average Bonchev–Trinajstić information content (AvgIpc) is 2.56. The minimum absolute atomic E-state index is 0.565. The number of carboxylic acids is 1. The van der Waals surface area contributed by atoms with Gasteiger partial charge in [0.05, 0.1) is 0 Å². The zero-order valence-electron chi connectivity index (χ0n) is 6.36. The molecular weight excluding hydrogens is 140 g/mol. The third kappa shape index (κ3) is 1.44. The maximum Gasteiger partial charge on any atom is 0.327 e. The number of hydrogen-bond acceptors (Lipinski definition) is 1. The van der Waals surface area contributed by atoms with Crippen LogP contribution in [0, 0.1) is 17.8 Å². The highest BCUT2D eigenvalue weighted by molar-refractivity contribution is 5.79. The number of carbonyl (C=O) groups is 1. The van der Waals surface area contributed by atoms with Crippen LogP contribution in [0.15, 0.2) is 12.2 Å². The van der Waals surface area contributed by atoms with Gasteiger partial charge in [0, 0.05) is 6.08 Å². The monoisotopic (exact) mass is 152 g/mol. The second-order valence-corrected chi connectivity index (χ2v) is 3.68. The van der Waals surface area contributed by atoms with E-state index in [2.05, 4.69) is 0 Å². The number of hydrogen-bond donors (Lipinski definition) is 1. The molecule has 0 radical (unpaired) electrons. The zero-order valence-corrected chi connectivity index (χ0v) is 6.36. The summed E-state index contributed by atoms with van der Waals surface area (Å²) < 4.78 is 0. The van der Waals surface area contributed by atoms with Gasteiger partial charge in [-0.05, 0) is 37.0 Å². The highest BCUT2D eigenvalue weighted by atomic mass is 16.4. The van der Waals surface area contributed by atoms with Gasteiger partial charge in [-0.2, -0.15) is 0 Å². The van der Waals surface area contributed by atoms with Crippen molar-refractivity contribution in [1.29, 1.82) is 0 Å². The minimum atomic E-state index is -0.814. The van der Waals surface area contributed by atoms with Crippen LogP contribution in [0.5, 0.6) is 0 Å². The van der Waals surface area contributed by atoms with Gasteiger partial charge >= 0.3 is 5.97 Å². The quantitative estimate of drug-likeness (QED) is 0.611. The fourth-order valence-electron chi connectivity index (χ4n) is 2.14. The molecule has 0 aromatic rings. The van der Waals surface area contributed by atoms with E-state index in [4.69, 9.17) is 5.11 Å². The van der Waals surface area contributed by atoms with Crippen molar-refractivity contribution in [3.05, 3.63) is 12.2 Å². The molecule has 0 aliphatic heterocycles. The molecule has 2 atom stereocenters. The van der Waals surface area contributed by atoms with Gasteiger partial charge in [0.2, 0.25) is 0 Å². The van der Waals surface area contributed by atoms with Gasteiger partial charge in [-0.3, -0.25) is 0 Å². The van der Waals surface area contributed by atoms with Crippen LogP contribution in [0.1, 0.15) is 19.3 Å². The van der Waals surface area contributed by atoms with Crippen LogP contribution in [0.4, 0.5) is 0 Å². The normalized spacial score (nSPS) is 40.9. The Kier molecular flexibility index (Phi) is 1.48. The van der Waals surface area contributed by atoms with E-state index in [0.29, 0.717) is 5.92 Å².